The number of carboxylic acid groups (broad SMARTS) is 1. The van der Waals surface area contributed by atoms with E-state index < -0.39 is 17.2 Å². The molecule has 0 aromatic carbocycles. The monoisotopic (exact) mass is 398 g/mol. The molecule has 8 nitrogen and oxygen atoms in total. The van der Waals surface area contributed by atoms with Gasteiger partial charge in [-0.3, -0.25) is 13.9 Å². The second-order valence-corrected chi connectivity index (χ2v) is 7.66. The maximum atomic E-state index is 12.7. The zero-order chi connectivity index (χ0) is 20.0. The van der Waals surface area contributed by atoms with E-state index in [0.717, 1.165) is 15.5 Å². The number of H-pyrrole nitrogens is 1. The Labute approximate surface area is 162 Å². The van der Waals surface area contributed by atoms with Crippen LogP contribution in [-0.2, 0) is 20.0 Å². The first kappa shape index (κ1) is 18.2. The quantitative estimate of drug-likeness (QED) is 0.536. The third-order valence-corrected chi connectivity index (χ3v) is 6.01. The van der Waals surface area contributed by atoms with Gasteiger partial charge in [0.15, 0.2) is 0 Å². The first-order valence-corrected chi connectivity index (χ1v) is 9.65. The molecule has 4 rings (SSSR count). The fourth-order valence-electron chi connectivity index (χ4n) is 3.48. The lowest BCUT2D eigenvalue weighted by Gasteiger charge is -2.07. The Kier molecular flexibility index (Phi) is 4.38. The minimum atomic E-state index is -1.17. The van der Waals surface area contributed by atoms with Crippen molar-refractivity contribution in [1.82, 2.24) is 19.1 Å². The molecule has 0 spiro atoms. The molecule has 0 saturated carbocycles. The number of aryl methyl sites for hydroxylation is 1. The molecule has 0 radical (unpaired) electrons. The van der Waals surface area contributed by atoms with Crippen LogP contribution < -0.4 is 11.2 Å². The highest BCUT2D eigenvalue weighted by Gasteiger charge is 2.25. The van der Waals surface area contributed by atoms with Crippen LogP contribution in [0.2, 0.25) is 0 Å². The number of nitrogens with one attached hydrogen (secondary N) is 1. The predicted molar refractivity (Wildman–Crippen MR) is 107 cm³/mol. The Bertz CT molecular complexity index is 1340. The van der Waals surface area contributed by atoms with Gasteiger partial charge in [-0.15, -0.1) is 11.3 Å². The van der Waals surface area contributed by atoms with Gasteiger partial charge in [-0.1, -0.05) is 6.92 Å². The van der Waals surface area contributed by atoms with Crippen LogP contribution in [0.25, 0.3) is 21.3 Å². The summed E-state index contributed by atoms with van der Waals surface area (Å²) in [5.41, 5.74) is 0.574. The zero-order valence-corrected chi connectivity index (χ0v) is 16.2. The lowest BCUT2D eigenvalue weighted by atomic mass is 10.1. The SMILES string of the molecule is CCCn1c(=O)n(C)c(=O)c2c(C(=O)O)c(Cc3c[nH]c4ncccc34)sc21. The maximum absolute atomic E-state index is 12.7. The van der Waals surface area contributed by atoms with Gasteiger partial charge in [-0.25, -0.2) is 14.6 Å². The van der Waals surface area contributed by atoms with Crippen LogP contribution in [-0.4, -0.2) is 30.2 Å². The summed E-state index contributed by atoms with van der Waals surface area (Å²) in [5, 5.41) is 10.8. The van der Waals surface area contributed by atoms with Crippen molar-refractivity contribution in [3.05, 3.63) is 61.4 Å². The summed E-state index contributed by atoms with van der Waals surface area (Å²) in [6.07, 6.45) is 4.50. The number of hydrogen-bond donors (Lipinski definition) is 2. The number of aromatic nitrogens is 4. The van der Waals surface area contributed by atoms with E-state index in [-0.39, 0.29) is 10.9 Å². The standard InChI is InChI=1S/C19H18N4O4S/c1-3-7-23-17-14(16(24)22(2)19(23)27)13(18(25)26)12(28-17)8-10-9-21-15-11(10)5-4-6-20-15/h4-6,9H,3,7-8H2,1-2H3,(H,20,21)(H,25,26). The number of thiophene rings is 1. The van der Waals surface area contributed by atoms with E-state index in [1.165, 1.54) is 23.0 Å². The molecular weight excluding hydrogens is 380 g/mol. The van der Waals surface area contributed by atoms with Crippen LogP contribution >= 0.6 is 11.3 Å². The average Bonchev–Trinajstić information content (AvgIpc) is 3.26. The van der Waals surface area contributed by atoms with Crippen LogP contribution in [0.3, 0.4) is 0 Å². The second-order valence-electron chi connectivity index (χ2n) is 6.57. The highest BCUT2D eigenvalue weighted by molar-refractivity contribution is 7.19. The van der Waals surface area contributed by atoms with Gasteiger partial charge in [-0.05, 0) is 24.1 Å². The molecule has 0 atom stereocenters. The van der Waals surface area contributed by atoms with E-state index in [1.807, 2.05) is 19.1 Å². The Hall–Kier alpha value is -3.20. The molecule has 144 valence electrons. The van der Waals surface area contributed by atoms with Gasteiger partial charge in [0.1, 0.15) is 10.5 Å². The van der Waals surface area contributed by atoms with E-state index in [0.29, 0.717) is 34.7 Å². The van der Waals surface area contributed by atoms with Crippen molar-refractivity contribution >= 4 is 38.6 Å². The summed E-state index contributed by atoms with van der Waals surface area (Å²) in [4.78, 5) is 45.6. The van der Waals surface area contributed by atoms with Gasteiger partial charge in [0.05, 0.1) is 10.9 Å². The fourth-order valence-corrected chi connectivity index (χ4v) is 4.80. The molecule has 0 aliphatic rings. The average molecular weight is 398 g/mol. The zero-order valence-electron chi connectivity index (χ0n) is 15.4. The third kappa shape index (κ3) is 2.66. The molecule has 4 aromatic rings. The topological polar surface area (TPSA) is 110 Å². The molecule has 0 fully saturated rings. The van der Waals surface area contributed by atoms with Crippen molar-refractivity contribution in [1.29, 1.82) is 0 Å². The van der Waals surface area contributed by atoms with Crippen LogP contribution in [0, 0.1) is 0 Å². The van der Waals surface area contributed by atoms with Crippen molar-refractivity contribution in [2.75, 3.05) is 0 Å². The molecule has 0 bridgehead atoms. The Morgan fingerprint density at radius 2 is 2.14 bits per heavy atom. The Balaban J connectivity index is 2.01. The number of aromatic carboxylic acids is 1. The van der Waals surface area contributed by atoms with Crippen molar-refractivity contribution in [3.8, 4) is 0 Å². The van der Waals surface area contributed by atoms with Gasteiger partial charge in [0.25, 0.3) is 5.56 Å². The molecule has 0 amide bonds. The fraction of sp³-hybridized carbons (Fsp3) is 0.263. The number of rotatable bonds is 5. The third-order valence-electron chi connectivity index (χ3n) is 4.79. The largest absolute Gasteiger partial charge is 0.478 e. The van der Waals surface area contributed by atoms with E-state index in [2.05, 4.69) is 9.97 Å². The summed E-state index contributed by atoms with van der Waals surface area (Å²) in [5.74, 6) is -1.17. The van der Waals surface area contributed by atoms with Gasteiger partial charge >= 0.3 is 11.7 Å². The summed E-state index contributed by atoms with van der Waals surface area (Å²) in [6.45, 7) is 2.34. The molecule has 0 aliphatic heterocycles. The number of pyridine rings is 1. The summed E-state index contributed by atoms with van der Waals surface area (Å²) in [6, 6.07) is 3.73. The molecule has 4 aromatic heterocycles. The summed E-state index contributed by atoms with van der Waals surface area (Å²) >= 11 is 1.20. The smallest absolute Gasteiger partial charge is 0.337 e. The molecule has 0 unspecified atom stereocenters. The number of fused-ring (bicyclic) bond motifs is 2. The molecule has 0 aliphatic carbocycles. The van der Waals surface area contributed by atoms with Crippen molar-refractivity contribution < 1.29 is 9.90 Å². The summed E-state index contributed by atoms with van der Waals surface area (Å²) in [7, 11) is 1.38. The maximum Gasteiger partial charge on any atom is 0.337 e. The number of hydrogen-bond acceptors (Lipinski definition) is 5. The number of nitrogens with zero attached hydrogens (tertiary/aromatic N) is 3. The highest BCUT2D eigenvalue weighted by atomic mass is 32.1. The number of aromatic amines is 1. The molecule has 28 heavy (non-hydrogen) atoms. The number of carbonyl (C=O) groups is 1. The van der Waals surface area contributed by atoms with Crippen LogP contribution in [0.4, 0.5) is 0 Å². The molecular formula is C19H18N4O4S. The first-order chi connectivity index (χ1) is 13.4. The van der Waals surface area contributed by atoms with E-state index >= 15 is 0 Å². The van der Waals surface area contributed by atoms with Gasteiger partial charge in [-0.2, -0.15) is 0 Å². The normalized spacial score (nSPS) is 11.5. The van der Waals surface area contributed by atoms with E-state index in [9.17, 15) is 19.5 Å². The second kappa shape index (κ2) is 6.75. The highest BCUT2D eigenvalue weighted by Crippen LogP contribution is 2.32. The van der Waals surface area contributed by atoms with Crippen LogP contribution in [0.1, 0.15) is 34.1 Å². The summed E-state index contributed by atoms with van der Waals surface area (Å²) < 4.78 is 2.48. The van der Waals surface area contributed by atoms with Crippen molar-refractivity contribution in [2.24, 2.45) is 7.05 Å². The minimum absolute atomic E-state index is 0.0244. The molecule has 9 heteroatoms. The Morgan fingerprint density at radius 1 is 1.36 bits per heavy atom. The van der Waals surface area contributed by atoms with Crippen molar-refractivity contribution in [2.45, 2.75) is 26.3 Å². The first-order valence-electron chi connectivity index (χ1n) is 8.83. The van der Waals surface area contributed by atoms with Gasteiger partial charge in [0, 0.05) is 42.7 Å². The predicted octanol–water partition coefficient (Wildman–Crippen LogP) is 2.34. The van der Waals surface area contributed by atoms with Gasteiger partial charge < -0.3 is 10.1 Å². The lowest BCUT2D eigenvalue weighted by molar-refractivity contribution is 0.0698. The van der Waals surface area contributed by atoms with Crippen LogP contribution in [0.15, 0.2) is 34.1 Å². The molecule has 2 N–H and O–H groups in total. The number of carboxylic acids is 1. The minimum Gasteiger partial charge on any atom is -0.478 e. The van der Waals surface area contributed by atoms with E-state index in [4.69, 9.17) is 0 Å². The Morgan fingerprint density at radius 3 is 2.86 bits per heavy atom. The van der Waals surface area contributed by atoms with Crippen LogP contribution in [0.5, 0.6) is 0 Å². The van der Waals surface area contributed by atoms with Gasteiger partial charge in [0.2, 0.25) is 0 Å². The van der Waals surface area contributed by atoms with E-state index in [1.54, 1.807) is 12.4 Å². The van der Waals surface area contributed by atoms with Crippen molar-refractivity contribution in [3.63, 3.8) is 0 Å². The lowest BCUT2D eigenvalue weighted by Crippen LogP contribution is -2.38. The molecule has 0 saturated heterocycles. The molecule has 4 heterocycles.